The van der Waals surface area contributed by atoms with Gasteiger partial charge in [0.05, 0.1) is 12.4 Å². The van der Waals surface area contributed by atoms with Crippen molar-refractivity contribution in [1.29, 1.82) is 0 Å². The first-order chi connectivity index (χ1) is 6.12. The maximum atomic E-state index is 11.1. The minimum Gasteiger partial charge on any atom is -0.384 e. The molecule has 0 saturated heterocycles. The van der Waals surface area contributed by atoms with Crippen LogP contribution in [0.4, 0.5) is 0 Å². The van der Waals surface area contributed by atoms with E-state index in [2.05, 4.69) is 14.8 Å². The number of hydrogen-bond acceptors (Lipinski definition) is 4. The number of hydrogen-bond donors (Lipinski definition) is 2. The van der Waals surface area contributed by atoms with Crippen LogP contribution in [0.25, 0.3) is 0 Å². The largest absolute Gasteiger partial charge is 0.384 e. The summed E-state index contributed by atoms with van der Waals surface area (Å²) in [5.74, 6) is 0.0308. The molecule has 0 aromatic heterocycles. The van der Waals surface area contributed by atoms with Crippen molar-refractivity contribution >= 4 is 22.4 Å². The third-order valence-corrected chi connectivity index (χ3v) is 2.83. The Kier molecular flexibility index (Phi) is 11.4. The highest BCUT2D eigenvalue weighted by Gasteiger charge is 2.07. The zero-order valence-corrected chi connectivity index (χ0v) is 10.2. The van der Waals surface area contributed by atoms with E-state index in [1.807, 2.05) is 7.05 Å². The predicted molar refractivity (Wildman–Crippen MR) is 59.5 cm³/mol. The lowest BCUT2D eigenvalue weighted by Gasteiger charge is -2.05. The first kappa shape index (κ1) is 16.5. The molecule has 0 radical (unpaired) electrons. The molecule has 0 spiro atoms. The fraction of sp³-hybridized carbons (Fsp3) is 1.00. The Morgan fingerprint density at radius 1 is 1.29 bits per heavy atom. The van der Waals surface area contributed by atoms with Gasteiger partial charge in [-0.25, -0.2) is 13.1 Å². The molecule has 88 valence electrons. The van der Waals surface area contributed by atoms with Gasteiger partial charge in [-0.05, 0) is 20.0 Å². The van der Waals surface area contributed by atoms with Gasteiger partial charge in [0.2, 0.25) is 10.0 Å². The quantitative estimate of drug-likeness (QED) is 0.571. The van der Waals surface area contributed by atoms with Crippen molar-refractivity contribution in [3.8, 4) is 0 Å². The molecule has 2 N–H and O–H groups in total. The Bertz CT molecular complexity index is 209. The number of sulfonamides is 1. The lowest BCUT2D eigenvalue weighted by molar-refractivity contribution is 0.217. The Morgan fingerprint density at radius 3 is 2.43 bits per heavy atom. The molecule has 0 aromatic carbocycles. The molecular weight excluding hydrogens is 228 g/mol. The predicted octanol–water partition coefficient (Wildman–Crippen LogP) is -0.416. The standard InChI is InChI=1S/C7H18N2O3S.ClH/c1-8-4-3-5-9-13(10,11)7-6-12-2;/h8-9H,3-7H2,1-2H3;1H. The molecule has 14 heavy (non-hydrogen) atoms. The first-order valence-electron chi connectivity index (χ1n) is 4.23. The first-order valence-corrected chi connectivity index (χ1v) is 5.88. The average Bonchev–Trinajstić information content (AvgIpc) is 2.09. The highest BCUT2D eigenvalue weighted by Crippen LogP contribution is 1.85. The number of halogens is 1. The van der Waals surface area contributed by atoms with Gasteiger partial charge >= 0.3 is 0 Å². The molecule has 0 heterocycles. The van der Waals surface area contributed by atoms with E-state index in [1.165, 1.54) is 7.11 Å². The van der Waals surface area contributed by atoms with Crippen molar-refractivity contribution in [3.63, 3.8) is 0 Å². The Balaban J connectivity index is 0. The highest BCUT2D eigenvalue weighted by molar-refractivity contribution is 7.89. The summed E-state index contributed by atoms with van der Waals surface area (Å²) in [6.45, 7) is 1.53. The molecule has 0 bridgehead atoms. The second-order valence-corrected chi connectivity index (χ2v) is 4.59. The summed E-state index contributed by atoms with van der Waals surface area (Å²) in [6.07, 6.45) is 0.794. The summed E-state index contributed by atoms with van der Waals surface area (Å²) in [4.78, 5) is 0. The molecule has 5 nitrogen and oxygen atoms in total. The minimum absolute atomic E-state index is 0. The molecule has 0 amide bonds. The molecule has 0 aliphatic rings. The van der Waals surface area contributed by atoms with Crippen LogP contribution in [0.5, 0.6) is 0 Å². The van der Waals surface area contributed by atoms with Gasteiger partial charge in [-0.3, -0.25) is 0 Å². The molecule has 0 aromatic rings. The van der Waals surface area contributed by atoms with Crippen molar-refractivity contribution in [2.75, 3.05) is 39.6 Å². The molecule has 0 aliphatic carbocycles. The van der Waals surface area contributed by atoms with Crippen LogP contribution in [0.3, 0.4) is 0 Å². The van der Waals surface area contributed by atoms with Gasteiger partial charge in [0.15, 0.2) is 0 Å². The van der Waals surface area contributed by atoms with E-state index in [0.717, 1.165) is 13.0 Å². The van der Waals surface area contributed by atoms with Crippen LogP contribution in [-0.2, 0) is 14.8 Å². The summed E-state index contributed by atoms with van der Waals surface area (Å²) in [7, 11) is 0.188. The van der Waals surface area contributed by atoms with Crippen LogP contribution in [0.2, 0.25) is 0 Å². The topological polar surface area (TPSA) is 67.4 Å². The summed E-state index contributed by atoms with van der Waals surface area (Å²) >= 11 is 0. The van der Waals surface area contributed by atoms with E-state index in [9.17, 15) is 8.42 Å². The summed E-state index contributed by atoms with van der Waals surface area (Å²) in [6, 6.07) is 0. The smallest absolute Gasteiger partial charge is 0.213 e. The lowest BCUT2D eigenvalue weighted by Crippen LogP contribution is -2.30. The van der Waals surface area contributed by atoms with Gasteiger partial charge in [-0.1, -0.05) is 0 Å². The van der Waals surface area contributed by atoms with Crippen LogP contribution in [0.15, 0.2) is 0 Å². The molecular formula is C7H19ClN2O3S. The molecule has 0 aliphatic heterocycles. The van der Waals surface area contributed by atoms with Crippen LogP contribution < -0.4 is 10.0 Å². The zero-order chi connectivity index (χ0) is 10.2. The third kappa shape index (κ3) is 10.2. The number of methoxy groups -OCH3 is 1. The lowest BCUT2D eigenvalue weighted by atomic mass is 10.4. The second kappa shape index (κ2) is 9.67. The van der Waals surface area contributed by atoms with E-state index >= 15 is 0 Å². The van der Waals surface area contributed by atoms with Gasteiger partial charge in [0.1, 0.15) is 0 Å². The number of rotatable bonds is 8. The van der Waals surface area contributed by atoms with Crippen LogP contribution in [0.1, 0.15) is 6.42 Å². The number of ether oxygens (including phenoxy) is 1. The minimum atomic E-state index is -3.13. The Hall–Kier alpha value is 0.120. The maximum Gasteiger partial charge on any atom is 0.213 e. The van der Waals surface area contributed by atoms with Gasteiger partial charge in [-0.2, -0.15) is 0 Å². The van der Waals surface area contributed by atoms with Crippen molar-refractivity contribution in [2.24, 2.45) is 0 Å². The van der Waals surface area contributed by atoms with Crippen LogP contribution in [0, 0.1) is 0 Å². The molecule has 7 heteroatoms. The van der Waals surface area contributed by atoms with Crippen molar-refractivity contribution in [3.05, 3.63) is 0 Å². The molecule has 0 rings (SSSR count). The van der Waals surface area contributed by atoms with E-state index in [1.54, 1.807) is 0 Å². The fourth-order valence-corrected chi connectivity index (χ4v) is 1.74. The van der Waals surface area contributed by atoms with Gasteiger partial charge in [0, 0.05) is 13.7 Å². The van der Waals surface area contributed by atoms with Crippen LogP contribution in [-0.4, -0.2) is 48.0 Å². The van der Waals surface area contributed by atoms with E-state index in [-0.39, 0.29) is 24.8 Å². The zero-order valence-electron chi connectivity index (χ0n) is 8.58. The highest BCUT2D eigenvalue weighted by atomic mass is 35.5. The monoisotopic (exact) mass is 246 g/mol. The third-order valence-electron chi connectivity index (χ3n) is 1.48. The van der Waals surface area contributed by atoms with Gasteiger partial charge < -0.3 is 10.1 Å². The molecule has 0 fully saturated rings. The molecule has 0 saturated carbocycles. The normalized spacial score (nSPS) is 11.0. The molecule has 0 atom stereocenters. The Labute approximate surface area is 92.1 Å². The average molecular weight is 247 g/mol. The van der Waals surface area contributed by atoms with Crippen LogP contribution >= 0.6 is 12.4 Å². The Morgan fingerprint density at radius 2 is 1.93 bits per heavy atom. The SMILES string of the molecule is CNCCCNS(=O)(=O)CCOC.Cl. The summed E-state index contributed by atoms with van der Waals surface area (Å²) in [5, 5.41) is 2.94. The van der Waals surface area contributed by atoms with Crippen molar-refractivity contribution in [1.82, 2.24) is 10.0 Å². The number of nitrogens with one attached hydrogen (secondary N) is 2. The van der Waals surface area contributed by atoms with E-state index < -0.39 is 10.0 Å². The van der Waals surface area contributed by atoms with Crippen molar-refractivity contribution in [2.45, 2.75) is 6.42 Å². The van der Waals surface area contributed by atoms with Gasteiger partial charge in [-0.15, -0.1) is 12.4 Å². The van der Waals surface area contributed by atoms with Gasteiger partial charge in [0.25, 0.3) is 0 Å². The van der Waals surface area contributed by atoms with E-state index in [0.29, 0.717) is 6.54 Å². The van der Waals surface area contributed by atoms with Crippen molar-refractivity contribution < 1.29 is 13.2 Å². The summed E-state index contributed by atoms with van der Waals surface area (Å²) < 4.78 is 29.4. The summed E-state index contributed by atoms with van der Waals surface area (Å²) in [5.41, 5.74) is 0. The second-order valence-electron chi connectivity index (χ2n) is 2.66. The van der Waals surface area contributed by atoms with E-state index in [4.69, 9.17) is 0 Å². The molecule has 0 unspecified atom stereocenters. The maximum absolute atomic E-state index is 11.1. The fourth-order valence-electron chi connectivity index (χ4n) is 0.758.